The van der Waals surface area contributed by atoms with Crippen molar-refractivity contribution in [2.75, 3.05) is 5.32 Å². The summed E-state index contributed by atoms with van der Waals surface area (Å²) < 4.78 is 1.52. The van der Waals surface area contributed by atoms with Gasteiger partial charge in [-0.15, -0.1) is 5.10 Å². The van der Waals surface area contributed by atoms with Gasteiger partial charge < -0.3 is 5.32 Å². The monoisotopic (exact) mass is 499 g/mol. The van der Waals surface area contributed by atoms with E-state index in [1.807, 2.05) is 78.9 Å². The summed E-state index contributed by atoms with van der Waals surface area (Å²) in [5.74, 6) is 0. The molecule has 184 valence electrons. The average Bonchev–Trinajstić information content (AvgIpc) is 3.45. The zero-order valence-corrected chi connectivity index (χ0v) is 20.1. The van der Waals surface area contributed by atoms with E-state index in [4.69, 9.17) is 9.97 Å². The number of anilines is 1. The van der Waals surface area contributed by atoms with Crippen LogP contribution in [0.1, 0.15) is 5.69 Å². The number of hydrogen-bond acceptors (Lipinski definition) is 7. The maximum Gasteiger partial charge on any atom is 0.271 e. The third-order valence-electron chi connectivity index (χ3n) is 6.08. The van der Waals surface area contributed by atoms with Crippen LogP contribution in [0.5, 0.6) is 0 Å². The number of hydrogen-bond donors (Lipinski definition) is 1. The highest BCUT2D eigenvalue weighted by Crippen LogP contribution is 2.31. The third-order valence-corrected chi connectivity index (χ3v) is 6.08. The van der Waals surface area contributed by atoms with Crippen molar-refractivity contribution in [3.63, 3.8) is 0 Å². The Labute approximate surface area is 217 Å². The van der Waals surface area contributed by atoms with E-state index in [1.54, 1.807) is 18.3 Å². The minimum absolute atomic E-state index is 0.000224. The molecule has 0 radical (unpaired) electrons. The van der Waals surface area contributed by atoms with E-state index in [1.165, 1.54) is 16.8 Å². The van der Waals surface area contributed by atoms with Crippen LogP contribution in [0.15, 0.2) is 109 Å². The molecule has 0 saturated heterocycles. The summed E-state index contributed by atoms with van der Waals surface area (Å²) >= 11 is 0. The Hall–Kier alpha value is -5.44. The SMILES string of the molecule is O=[N+]([O-])c1cccc(-n2cc(CNc3ccc4nc(-c5ccccc5)c(-c5ccccc5)nc4c3)nn2)c1. The summed E-state index contributed by atoms with van der Waals surface area (Å²) in [6.45, 7) is 0.418. The highest BCUT2D eigenvalue weighted by Gasteiger charge is 2.14. The van der Waals surface area contributed by atoms with E-state index in [-0.39, 0.29) is 5.69 Å². The van der Waals surface area contributed by atoms with Crippen LogP contribution in [0.25, 0.3) is 39.2 Å². The third kappa shape index (κ3) is 4.68. The first-order valence-corrected chi connectivity index (χ1v) is 12.0. The molecule has 0 bridgehead atoms. The second-order valence-corrected chi connectivity index (χ2v) is 8.64. The smallest absolute Gasteiger partial charge is 0.271 e. The molecule has 9 nitrogen and oxygen atoms in total. The van der Waals surface area contributed by atoms with Crippen LogP contribution in [0.2, 0.25) is 0 Å². The van der Waals surface area contributed by atoms with Gasteiger partial charge in [-0.2, -0.15) is 0 Å². The standard InChI is InChI=1S/C29H21N7O2/c37-36(38)25-13-7-12-24(17-25)35-19-23(33-34-35)18-30-22-14-15-26-27(16-22)32-29(21-10-5-2-6-11-21)28(31-26)20-8-3-1-4-9-20/h1-17,19,30H,18H2. The van der Waals surface area contributed by atoms with Crippen LogP contribution in [-0.4, -0.2) is 29.9 Å². The molecule has 38 heavy (non-hydrogen) atoms. The molecule has 0 aliphatic heterocycles. The molecule has 9 heteroatoms. The maximum absolute atomic E-state index is 11.1. The van der Waals surface area contributed by atoms with Crippen LogP contribution in [-0.2, 0) is 6.54 Å². The molecule has 0 atom stereocenters. The molecule has 0 amide bonds. The Kier molecular flexibility index (Phi) is 5.99. The quantitative estimate of drug-likeness (QED) is 0.210. The Bertz CT molecular complexity index is 1750. The number of fused-ring (bicyclic) bond motifs is 1. The molecule has 0 aliphatic carbocycles. The highest BCUT2D eigenvalue weighted by atomic mass is 16.6. The van der Waals surface area contributed by atoms with E-state index in [0.29, 0.717) is 17.9 Å². The Balaban J connectivity index is 1.28. The summed E-state index contributed by atoms with van der Waals surface area (Å²) in [6.07, 6.45) is 1.74. The van der Waals surface area contributed by atoms with Crippen molar-refractivity contribution in [1.29, 1.82) is 0 Å². The summed E-state index contributed by atoms with van der Waals surface area (Å²) in [4.78, 5) is 20.6. The van der Waals surface area contributed by atoms with Crippen LogP contribution < -0.4 is 5.32 Å². The molecule has 0 aliphatic rings. The lowest BCUT2D eigenvalue weighted by atomic mass is 10.0. The van der Waals surface area contributed by atoms with Gasteiger partial charge in [-0.1, -0.05) is 71.9 Å². The topological polar surface area (TPSA) is 112 Å². The van der Waals surface area contributed by atoms with Crippen LogP contribution in [0.4, 0.5) is 11.4 Å². The number of nitrogens with zero attached hydrogens (tertiary/aromatic N) is 6. The van der Waals surface area contributed by atoms with E-state index >= 15 is 0 Å². The van der Waals surface area contributed by atoms with Crippen molar-refractivity contribution in [2.24, 2.45) is 0 Å². The van der Waals surface area contributed by atoms with Gasteiger partial charge >= 0.3 is 0 Å². The number of nitro groups is 1. The molecule has 6 rings (SSSR count). The minimum Gasteiger partial charge on any atom is -0.379 e. The second-order valence-electron chi connectivity index (χ2n) is 8.64. The van der Waals surface area contributed by atoms with Crippen LogP contribution in [0, 0.1) is 10.1 Å². The first kappa shape index (κ1) is 23.0. The van der Waals surface area contributed by atoms with E-state index in [9.17, 15) is 10.1 Å². The molecule has 6 aromatic rings. The fourth-order valence-corrected chi connectivity index (χ4v) is 4.21. The van der Waals surface area contributed by atoms with Crippen LogP contribution in [0.3, 0.4) is 0 Å². The van der Waals surface area contributed by atoms with Gasteiger partial charge in [0.2, 0.25) is 0 Å². The fraction of sp³-hybridized carbons (Fsp3) is 0.0345. The summed E-state index contributed by atoms with van der Waals surface area (Å²) in [7, 11) is 0. The Morgan fingerprint density at radius 3 is 2.13 bits per heavy atom. The zero-order chi connectivity index (χ0) is 25.9. The maximum atomic E-state index is 11.1. The number of nitro benzene ring substituents is 1. The molecule has 2 aromatic heterocycles. The number of nitrogens with one attached hydrogen (secondary N) is 1. The lowest BCUT2D eigenvalue weighted by Gasteiger charge is -2.12. The number of rotatable bonds is 7. The van der Waals surface area contributed by atoms with Crippen molar-refractivity contribution in [3.05, 3.63) is 125 Å². The predicted molar refractivity (Wildman–Crippen MR) is 146 cm³/mol. The average molecular weight is 500 g/mol. The summed E-state index contributed by atoms with van der Waals surface area (Å²) in [5.41, 5.74) is 7.35. The summed E-state index contributed by atoms with van der Waals surface area (Å²) in [5, 5.41) is 22.7. The van der Waals surface area contributed by atoms with E-state index < -0.39 is 4.92 Å². The number of aromatic nitrogens is 5. The molecule has 2 heterocycles. The van der Waals surface area contributed by atoms with Gasteiger partial charge in [0.25, 0.3) is 5.69 Å². The van der Waals surface area contributed by atoms with Crippen molar-refractivity contribution in [3.8, 4) is 28.2 Å². The Morgan fingerprint density at radius 1 is 0.763 bits per heavy atom. The van der Waals surface area contributed by atoms with E-state index in [0.717, 1.165) is 39.2 Å². The van der Waals surface area contributed by atoms with Crippen molar-refractivity contribution >= 4 is 22.4 Å². The number of benzene rings is 4. The van der Waals surface area contributed by atoms with Gasteiger partial charge in [-0.25, -0.2) is 14.6 Å². The fourth-order valence-electron chi connectivity index (χ4n) is 4.21. The molecular formula is C29H21N7O2. The Morgan fingerprint density at radius 2 is 1.45 bits per heavy atom. The number of non-ortho nitro benzene ring substituents is 1. The molecule has 0 spiro atoms. The van der Waals surface area contributed by atoms with Crippen LogP contribution >= 0.6 is 0 Å². The lowest BCUT2D eigenvalue weighted by molar-refractivity contribution is -0.384. The van der Waals surface area contributed by atoms with E-state index in [2.05, 4.69) is 15.6 Å². The molecule has 0 fully saturated rings. The molecule has 0 saturated carbocycles. The first-order chi connectivity index (χ1) is 18.6. The molecule has 0 unspecified atom stereocenters. The summed E-state index contributed by atoms with van der Waals surface area (Å²) in [6, 6.07) is 32.3. The molecular weight excluding hydrogens is 478 g/mol. The van der Waals surface area contributed by atoms with Crippen molar-refractivity contribution in [1.82, 2.24) is 25.0 Å². The first-order valence-electron chi connectivity index (χ1n) is 12.0. The molecule has 4 aromatic carbocycles. The van der Waals surface area contributed by atoms with Gasteiger partial charge in [0.15, 0.2) is 0 Å². The van der Waals surface area contributed by atoms with Gasteiger partial charge in [0.1, 0.15) is 5.69 Å². The van der Waals surface area contributed by atoms with Crippen molar-refractivity contribution < 1.29 is 4.92 Å². The normalized spacial score (nSPS) is 10.9. The second kappa shape index (κ2) is 9.90. The molecule has 1 N–H and O–H groups in total. The highest BCUT2D eigenvalue weighted by molar-refractivity contribution is 5.87. The lowest BCUT2D eigenvalue weighted by Crippen LogP contribution is -2.01. The van der Waals surface area contributed by atoms with Gasteiger partial charge in [-0.05, 0) is 24.3 Å². The van der Waals surface area contributed by atoms with Gasteiger partial charge in [-0.3, -0.25) is 10.1 Å². The van der Waals surface area contributed by atoms with Gasteiger partial charge in [0, 0.05) is 28.9 Å². The zero-order valence-electron chi connectivity index (χ0n) is 20.1. The predicted octanol–water partition coefficient (Wildman–Crippen LogP) is 6.06. The largest absolute Gasteiger partial charge is 0.379 e. The van der Waals surface area contributed by atoms with Gasteiger partial charge in [0.05, 0.1) is 45.8 Å². The minimum atomic E-state index is -0.433. The van der Waals surface area contributed by atoms with Crippen molar-refractivity contribution in [2.45, 2.75) is 6.54 Å².